The van der Waals surface area contributed by atoms with Gasteiger partial charge in [-0.15, -0.1) is 5.10 Å². The number of likely N-dealkylation sites (N-methyl/N-ethyl adjacent to an activating group) is 1. The van der Waals surface area contributed by atoms with Crippen molar-refractivity contribution in [3.63, 3.8) is 0 Å². The summed E-state index contributed by atoms with van der Waals surface area (Å²) >= 11 is 7.76. The van der Waals surface area contributed by atoms with Crippen LogP contribution in [0.5, 0.6) is 5.88 Å². The van der Waals surface area contributed by atoms with Crippen LogP contribution in [0.25, 0.3) is 10.2 Å². The Morgan fingerprint density at radius 1 is 1.33 bits per heavy atom. The van der Waals surface area contributed by atoms with E-state index >= 15 is 0 Å². The van der Waals surface area contributed by atoms with Gasteiger partial charge < -0.3 is 9.64 Å². The van der Waals surface area contributed by atoms with Gasteiger partial charge in [0.15, 0.2) is 5.13 Å². The number of aromatic nitrogens is 3. The molecule has 0 bridgehead atoms. The summed E-state index contributed by atoms with van der Waals surface area (Å²) in [6, 6.07) is 3.79. The first kappa shape index (κ1) is 19.6. The lowest BCUT2D eigenvalue weighted by Crippen LogP contribution is -2.36. The van der Waals surface area contributed by atoms with Crippen LogP contribution in [-0.4, -0.2) is 59.9 Å². The Labute approximate surface area is 167 Å². The number of ether oxygens (including phenoxy) is 1. The summed E-state index contributed by atoms with van der Waals surface area (Å²) in [5.41, 5.74) is 2.25. The smallest absolute Gasteiger partial charge is 0.267 e. The number of hydrogen-bond acceptors (Lipinski definition) is 6. The number of aryl methyl sites for hydroxylation is 2. The molecule has 7 nitrogen and oxygen atoms in total. The number of carbonyl (C=O) groups excluding carboxylic acids is 1. The van der Waals surface area contributed by atoms with Gasteiger partial charge in [-0.3, -0.25) is 14.4 Å². The Balaban J connectivity index is 2.07. The lowest BCUT2D eigenvalue weighted by molar-refractivity contribution is 0.0982. The van der Waals surface area contributed by atoms with Crippen molar-refractivity contribution < 1.29 is 9.53 Å². The molecule has 1 aromatic carbocycles. The minimum Gasteiger partial charge on any atom is -0.479 e. The standard InChI is InChI=1S/C18H22ClN5O2S/c1-11-6-7-13(19)15-14(11)20-18(27-15)24(9-8-22(2)3)17(25)12-10-23(4)21-16(12)26-5/h6-7,10H,8-9H2,1-5H3. The molecule has 0 fully saturated rings. The zero-order valence-electron chi connectivity index (χ0n) is 16.0. The summed E-state index contributed by atoms with van der Waals surface area (Å²) in [6.45, 7) is 3.16. The molecular weight excluding hydrogens is 386 g/mol. The van der Waals surface area contributed by atoms with Crippen LogP contribution < -0.4 is 9.64 Å². The van der Waals surface area contributed by atoms with Crippen molar-refractivity contribution in [2.24, 2.45) is 7.05 Å². The molecule has 1 amide bonds. The van der Waals surface area contributed by atoms with E-state index in [0.717, 1.165) is 15.8 Å². The average molecular weight is 408 g/mol. The quantitative estimate of drug-likeness (QED) is 0.627. The van der Waals surface area contributed by atoms with Crippen LogP contribution in [-0.2, 0) is 7.05 Å². The van der Waals surface area contributed by atoms with Gasteiger partial charge in [0, 0.05) is 26.3 Å². The van der Waals surface area contributed by atoms with E-state index in [0.29, 0.717) is 34.7 Å². The van der Waals surface area contributed by atoms with Crippen LogP contribution in [0.4, 0.5) is 5.13 Å². The third-order valence-corrected chi connectivity index (χ3v) is 5.69. The Bertz CT molecular complexity index is 943. The van der Waals surface area contributed by atoms with E-state index in [1.165, 1.54) is 18.4 Å². The lowest BCUT2D eigenvalue weighted by Gasteiger charge is -2.21. The molecule has 0 N–H and O–H groups in total. The van der Waals surface area contributed by atoms with E-state index in [9.17, 15) is 4.79 Å². The number of halogens is 1. The zero-order chi connectivity index (χ0) is 19.7. The van der Waals surface area contributed by atoms with Gasteiger partial charge in [0.25, 0.3) is 5.91 Å². The molecule has 27 heavy (non-hydrogen) atoms. The molecule has 144 valence electrons. The fourth-order valence-electron chi connectivity index (χ4n) is 2.70. The highest BCUT2D eigenvalue weighted by atomic mass is 35.5. The number of thiazole rings is 1. The summed E-state index contributed by atoms with van der Waals surface area (Å²) in [5, 5.41) is 5.44. The van der Waals surface area contributed by atoms with E-state index in [-0.39, 0.29) is 5.91 Å². The van der Waals surface area contributed by atoms with Gasteiger partial charge >= 0.3 is 0 Å². The number of methoxy groups -OCH3 is 1. The largest absolute Gasteiger partial charge is 0.479 e. The van der Waals surface area contributed by atoms with Crippen molar-refractivity contribution in [3.05, 3.63) is 34.5 Å². The predicted molar refractivity (Wildman–Crippen MR) is 109 cm³/mol. The molecule has 0 aliphatic heterocycles. The second-order valence-electron chi connectivity index (χ2n) is 6.52. The Morgan fingerprint density at radius 3 is 2.70 bits per heavy atom. The van der Waals surface area contributed by atoms with E-state index in [1.54, 1.807) is 22.8 Å². The van der Waals surface area contributed by atoms with Crippen LogP contribution in [0.3, 0.4) is 0 Å². The molecule has 9 heteroatoms. The molecule has 2 heterocycles. The first-order chi connectivity index (χ1) is 12.8. The number of benzene rings is 1. The molecule has 0 radical (unpaired) electrons. The van der Waals surface area contributed by atoms with Crippen molar-refractivity contribution in [3.8, 4) is 5.88 Å². The van der Waals surface area contributed by atoms with Gasteiger partial charge in [0.05, 0.1) is 22.3 Å². The lowest BCUT2D eigenvalue weighted by atomic mass is 10.2. The minimum absolute atomic E-state index is 0.199. The number of fused-ring (bicyclic) bond motifs is 1. The second kappa shape index (κ2) is 7.84. The Kier molecular flexibility index (Phi) is 5.69. The number of carbonyl (C=O) groups is 1. The van der Waals surface area contributed by atoms with Crippen molar-refractivity contribution in [2.45, 2.75) is 6.92 Å². The SMILES string of the molecule is COc1nn(C)cc1C(=O)N(CCN(C)C)c1nc2c(C)ccc(Cl)c2s1. The molecule has 0 spiro atoms. The molecule has 0 unspecified atom stereocenters. The molecule has 0 aliphatic carbocycles. The number of amides is 1. The van der Waals surface area contributed by atoms with E-state index < -0.39 is 0 Å². The maximum Gasteiger partial charge on any atom is 0.267 e. The Morgan fingerprint density at radius 2 is 2.07 bits per heavy atom. The third kappa shape index (κ3) is 3.92. The first-order valence-electron chi connectivity index (χ1n) is 8.41. The molecule has 0 saturated heterocycles. The van der Waals surface area contributed by atoms with Crippen molar-refractivity contribution >= 4 is 44.2 Å². The number of anilines is 1. The van der Waals surface area contributed by atoms with E-state index in [2.05, 4.69) is 5.10 Å². The van der Waals surface area contributed by atoms with Gasteiger partial charge in [0.1, 0.15) is 5.56 Å². The highest BCUT2D eigenvalue weighted by Gasteiger charge is 2.26. The molecular formula is C18H22ClN5O2S. The highest BCUT2D eigenvalue weighted by molar-refractivity contribution is 7.23. The van der Waals surface area contributed by atoms with Crippen LogP contribution in [0, 0.1) is 6.92 Å². The van der Waals surface area contributed by atoms with E-state index in [4.69, 9.17) is 21.3 Å². The first-order valence-corrected chi connectivity index (χ1v) is 9.61. The minimum atomic E-state index is -0.199. The van der Waals surface area contributed by atoms with Gasteiger partial charge in [-0.05, 0) is 32.6 Å². The van der Waals surface area contributed by atoms with Gasteiger partial charge in [-0.25, -0.2) is 4.98 Å². The van der Waals surface area contributed by atoms with E-state index in [1.807, 2.05) is 38.1 Å². The fourth-order valence-corrected chi connectivity index (χ4v) is 4.04. The molecule has 0 aliphatic rings. The van der Waals surface area contributed by atoms with Crippen molar-refractivity contribution in [2.75, 3.05) is 39.2 Å². The average Bonchev–Trinajstić information content (AvgIpc) is 3.22. The summed E-state index contributed by atoms with van der Waals surface area (Å²) in [5.74, 6) is 0.0994. The zero-order valence-corrected chi connectivity index (χ0v) is 17.6. The van der Waals surface area contributed by atoms with Gasteiger partial charge in [-0.1, -0.05) is 29.0 Å². The van der Waals surface area contributed by atoms with Crippen molar-refractivity contribution in [1.29, 1.82) is 0 Å². The molecule has 0 atom stereocenters. The molecule has 3 rings (SSSR count). The summed E-state index contributed by atoms with van der Waals surface area (Å²) in [7, 11) is 7.19. The van der Waals surface area contributed by atoms with Crippen LogP contribution in [0.15, 0.2) is 18.3 Å². The van der Waals surface area contributed by atoms with Gasteiger partial charge in [0.2, 0.25) is 5.88 Å². The predicted octanol–water partition coefficient (Wildman–Crippen LogP) is 3.21. The maximum atomic E-state index is 13.3. The second-order valence-corrected chi connectivity index (χ2v) is 7.91. The summed E-state index contributed by atoms with van der Waals surface area (Å²) in [4.78, 5) is 21.7. The van der Waals surface area contributed by atoms with Crippen LogP contribution >= 0.6 is 22.9 Å². The van der Waals surface area contributed by atoms with Crippen LogP contribution in [0.1, 0.15) is 15.9 Å². The summed E-state index contributed by atoms with van der Waals surface area (Å²) in [6.07, 6.45) is 1.66. The number of nitrogens with zero attached hydrogens (tertiary/aromatic N) is 5. The van der Waals surface area contributed by atoms with Crippen molar-refractivity contribution in [1.82, 2.24) is 19.7 Å². The number of hydrogen-bond donors (Lipinski definition) is 0. The normalized spacial score (nSPS) is 11.4. The van der Waals surface area contributed by atoms with Gasteiger partial charge in [-0.2, -0.15) is 0 Å². The topological polar surface area (TPSA) is 63.5 Å². The molecule has 3 aromatic rings. The highest BCUT2D eigenvalue weighted by Crippen LogP contribution is 2.36. The van der Waals surface area contributed by atoms with Crippen LogP contribution in [0.2, 0.25) is 5.02 Å². The summed E-state index contributed by atoms with van der Waals surface area (Å²) < 4.78 is 7.72. The molecule has 0 saturated carbocycles. The monoisotopic (exact) mass is 407 g/mol. The Hall–Kier alpha value is -2.16. The fraction of sp³-hybridized carbons (Fsp3) is 0.389. The third-order valence-electron chi connectivity index (χ3n) is 4.15. The number of rotatable bonds is 6. The maximum absolute atomic E-state index is 13.3. The molecule has 2 aromatic heterocycles.